The smallest absolute Gasteiger partial charge is 0.459 e. The Bertz CT molecular complexity index is 1380. The highest BCUT2D eigenvalue weighted by Gasteiger charge is 2.57. The molecular formula is C23H29Cl2N6O8P. The molecule has 1 aromatic carbocycles. The van der Waals surface area contributed by atoms with E-state index >= 15 is 0 Å². The molecule has 0 unspecified atom stereocenters. The first-order valence-corrected chi connectivity index (χ1v) is 14.5. The van der Waals surface area contributed by atoms with Gasteiger partial charge in [-0.05, 0) is 37.6 Å². The van der Waals surface area contributed by atoms with Crippen molar-refractivity contribution in [1.29, 1.82) is 0 Å². The third-order valence-electron chi connectivity index (χ3n) is 6.05. The van der Waals surface area contributed by atoms with E-state index in [-0.39, 0.29) is 23.3 Å². The molecule has 1 aliphatic heterocycles. The van der Waals surface area contributed by atoms with Gasteiger partial charge < -0.3 is 29.5 Å². The Morgan fingerprint density at radius 1 is 1.32 bits per heavy atom. The van der Waals surface area contributed by atoms with Crippen molar-refractivity contribution >= 4 is 53.9 Å². The van der Waals surface area contributed by atoms with Crippen LogP contribution in [-0.4, -0.2) is 85.7 Å². The van der Waals surface area contributed by atoms with Crippen molar-refractivity contribution in [3.8, 4) is 5.75 Å². The molecule has 14 nitrogen and oxygen atoms in total. The Labute approximate surface area is 239 Å². The highest BCUT2D eigenvalue weighted by molar-refractivity contribution is 7.52. The van der Waals surface area contributed by atoms with Crippen molar-refractivity contribution in [1.82, 2.24) is 24.6 Å². The maximum Gasteiger partial charge on any atom is 0.459 e. The number of para-hydroxylation sites is 1. The van der Waals surface area contributed by atoms with Crippen molar-refractivity contribution in [3.05, 3.63) is 41.9 Å². The normalized spacial score (nSPS) is 24.9. The number of aliphatic hydroxyl groups excluding tert-OH is 2. The minimum absolute atomic E-state index is 0.0815. The first-order chi connectivity index (χ1) is 19.0. The molecule has 0 spiro atoms. The molecule has 1 fully saturated rings. The van der Waals surface area contributed by atoms with Crippen LogP contribution in [0.1, 0.15) is 20.1 Å². The third kappa shape index (κ3) is 6.19. The predicted molar refractivity (Wildman–Crippen MR) is 145 cm³/mol. The summed E-state index contributed by atoms with van der Waals surface area (Å²) in [7, 11) is -2.62. The molecule has 0 saturated carbocycles. The highest BCUT2D eigenvalue weighted by Crippen LogP contribution is 2.48. The van der Waals surface area contributed by atoms with E-state index in [9.17, 15) is 19.6 Å². The van der Waals surface area contributed by atoms with Gasteiger partial charge in [-0.2, -0.15) is 15.1 Å². The second-order valence-electron chi connectivity index (χ2n) is 8.77. The number of esters is 1. The van der Waals surface area contributed by atoms with Crippen LogP contribution in [0, 0.1) is 0 Å². The van der Waals surface area contributed by atoms with Crippen LogP contribution in [0.4, 0.5) is 5.82 Å². The second kappa shape index (κ2) is 12.5. The number of carbonyl (C=O) groups is 1. The van der Waals surface area contributed by atoms with E-state index in [2.05, 4.69) is 25.4 Å². The standard InChI is InChI=1S/C23H29Cl2N6O8P/c1-4-36-20(34)13(2)30-40(35,39-14-8-6-5-7-9-14)37-10-15-17(33)23(25,11-32)21(38-15)31-12-27-16-18(26-3)28-22(24)29-19(16)31/h5-9,12-13,15,17,21,32-33H,4,10-11H2,1-3H3,(H,30,35)(H,26,28,29)/t13-,15-,17-,21-,23-,40-/m1/s1. The lowest BCUT2D eigenvalue weighted by Gasteiger charge is -2.28. The number of nitrogens with zero attached hydrogens (tertiary/aromatic N) is 4. The first-order valence-electron chi connectivity index (χ1n) is 12.2. The van der Waals surface area contributed by atoms with Crippen LogP contribution in [0.5, 0.6) is 5.75 Å². The number of carbonyl (C=O) groups excluding carboxylic acids is 1. The molecule has 0 aliphatic carbocycles. The van der Waals surface area contributed by atoms with Gasteiger partial charge in [0.25, 0.3) is 0 Å². The van der Waals surface area contributed by atoms with Gasteiger partial charge in [-0.3, -0.25) is 13.9 Å². The van der Waals surface area contributed by atoms with Gasteiger partial charge in [0, 0.05) is 7.05 Å². The molecule has 3 heterocycles. The summed E-state index contributed by atoms with van der Waals surface area (Å²) < 4.78 is 37.4. The fourth-order valence-corrected chi connectivity index (χ4v) is 6.05. The quantitative estimate of drug-likeness (QED) is 0.101. The van der Waals surface area contributed by atoms with Gasteiger partial charge in [-0.1, -0.05) is 18.2 Å². The average molecular weight is 619 g/mol. The summed E-state index contributed by atoms with van der Waals surface area (Å²) in [6.45, 7) is 1.96. The van der Waals surface area contributed by atoms with E-state index in [0.717, 1.165) is 0 Å². The maximum atomic E-state index is 13.8. The van der Waals surface area contributed by atoms with E-state index in [4.69, 9.17) is 41.7 Å². The molecule has 0 radical (unpaired) electrons. The summed E-state index contributed by atoms with van der Waals surface area (Å²) in [4.78, 5) is 23.0. The zero-order valence-electron chi connectivity index (χ0n) is 21.7. The number of alkyl halides is 1. The van der Waals surface area contributed by atoms with Crippen LogP contribution in [0.3, 0.4) is 0 Å². The summed E-state index contributed by atoms with van der Waals surface area (Å²) in [6.07, 6.45) is -2.57. The van der Waals surface area contributed by atoms with Gasteiger partial charge in [-0.25, -0.2) is 9.55 Å². The molecule has 17 heteroatoms. The number of halogens is 2. The lowest BCUT2D eigenvalue weighted by atomic mass is 9.99. The number of imidazole rings is 1. The SMILES string of the molecule is CCOC(=O)[C@@H](C)N[P@@](=O)(OC[C@H]1O[C@@H](n2cnc3c(NC)nc(Cl)nc32)[C@@](Cl)(CO)[C@@H]1O)Oc1ccccc1. The van der Waals surface area contributed by atoms with Gasteiger partial charge in [0.05, 0.1) is 26.1 Å². The largest absolute Gasteiger partial charge is 0.465 e. The fraction of sp³-hybridized carbons (Fsp3) is 0.478. The number of fused-ring (bicyclic) bond motifs is 1. The molecule has 40 heavy (non-hydrogen) atoms. The van der Waals surface area contributed by atoms with Gasteiger partial charge >= 0.3 is 13.7 Å². The number of aromatic nitrogens is 4. The van der Waals surface area contributed by atoms with Crippen molar-refractivity contribution in [3.63, 3.8) is 0 Å². The third-order valence-corrected chi connectivity index (χ3v) is 8.40. The monoisotopic (exact) mass is 618 g/mol. The Morgan fingerprint density at radius 3 is 2.70 bits per heavy atom. The van der Waals surface area contributed by atoms with Crippen molar-refractivity contribution < 1.29 is 38.1 Å². The minimum atomic E-state index is -4.25. The lowest BCUT2D eigenvalue weighted by Crippen LogP contribution is -2.45. The average Bonchev–Trinajstić information content (AvgIpc) is 3.46. The number of hydrogen-bond donors (Lipinski definition) is 4. The molecule has 0 bridgehead atoms. The number of hydrogen-bond acceptors (Lipinski definition) is 12. The zero-order chi connectivity index (χ0) is 29.1. The number of rotatable bonds is 12. The van der Waals surface area contributed by atoms with E-state index < -0.39 is 56.3 Å². The number of aliphatic hydroxyl groups is 2. The molecule has 4 N–H and O–H groups in total. The number of ether oxygens (including phenoxy) is 2. The Kier molecular flexibility index (Phi) is 9.53. The van der Waals surface area contributed by atoms with Crippen LogP contribution in [-0.2, 0) is 23.4 Å². The maximum absolute atomic E-state index is 13.8. The Hall–Kier alpha value is -2.55. The van der Waals surface area contributed by atoms with Crippen molar-refractivity contribution in [2.45, 2.75) is 43.2 Å². The number of anilines is 1. The topological polar surface area (TPSA) is 179 Å². The molecule has 218 valence electrons. The Balaban J connectivity index is 1.59. The Morgan fingerprint density at radius 2 is 2.05 bits per heavy atom. The predicted octanol–water partition coefficient (Wildman–Crippen LogP) is 2.49. The van der Waals surface area contributed by atoms with Crippen molar-refractivity contribution in [2.24, 2.45) is 0 Å². The van der Waals surface area contributed by atoms with Crippen LogP contribution in [0.15, 0.2) is 36.7 Å². The summed E-state index contributed by atoms with van der Waals surface area (Å²) >= 11 is 12.8. The van der Waals surface area contributed by atoms with Gasteiger partial charge in [-0.15, -0.1) is 11.6 Å². The fourth-order valence-electron chi connectivity index (χ4n) is 4.08. The van der Waals surface area contributed by atoms with E-state index in [0.29, 0.717) is 11.3 Å². The molecular weight excluding hydrogens is 590 g/mol. The van der Waals surface area contributed by atoms with Crippen molar-refractivity contribution in [2.75, 3.05) is 32.2 Å². The molecule has 3 aromatic rings. The lowest BCUT2D eigenvalue weighted by molar-refractivity contribution is -0.144. The molecule has 4 rings (SSSR count). The first kappa shape index (κ1) is 30.4. The summed E-state index contributed by atoms with van der Waals surface area (Å²) in [5.41, 5.74) is 0.573. The van der Waals surface area contributed by atoms with Crippen LogP contribution >= 0.6 is 30.9 Å². The number of nitrogens with one attached hydrogen (secondary N) is 2. The summed E-state index contributed by atoms with van der Waals surface area (Å²) in [5.74, 6) is -0.130. The number of benzene rings is 1. The second-order valence-corrected chi connectivity index (χ2v) is 11.5. The van der Waals surface area contributed by atoms with Crippen LogP contribution < -0.4 is 14.9 Å². The molecule has 1 saturated heterocycles. The van der Waals surface area contributed by atoms with Gasteiger partial charge in [0.15, 0.2) is 23.2 Å². The molecule has 6 atom stereocenters. The van der Waals surface area contributed by atoms with E-state index in [1.165, 1.54) is 17.8 Å². The highest BCUT2D eigenvalue weighted by atomic mass is 35.5. The summed E-state index contributed by atoms with van der Waals surface area (Å²) in [5, 5.41) is 26.6. The minimum Gasteiger partial charge on any atom is -0.465 e. The van der Waals surface area contributed by atoms with Gasteiger partial charge in [0.1, 0.15) is 28.9 Å². The van der Waals surface area contributed by atoms with Crippen LogP contribution in [0.25, 0.3) is 11.2 Å². The molecule has 2 aromatic heterocycles. The molecule has 0 amide bonds. The zero-order valence-corrected chi connectivity index (χ0v) is 24.1. The van der Waals surface area contributed by atoms with Crippen LogP contribution in [0.2, 0.25) is 5.28 Å². The van der Waals surface area contributed by atoms with E-state index in [1.54, 1.807) is 44.3 Å². The molecule has 1 aliphatic rings. The summed E-state index contributed by atoms with van der Waals surface area (Å²) in [6, 6.07) is 7.10. The van der Waals surface area contributed by atoms with Gasteiger partial charge in [0.2, 0.25) is 5.28 Å². The van der Waals surface area contributed by atoms with E-state index in [1.807, 2.05) is 0 Å².